The lowest BCUT2D eigenvalue weighted by molar-refractivity contribution is 1.13. The quantitative estimate of drug-likeness (QED) is 0.688. The molecular formula is C8H9BBr2. The van der Waals surface area contributed by atoms with Crippen molar-refractivity contribution in [3.05, 3.63) is 26.6 Å². The summed E-state index contributed by atoms with van der Waals surface area (Å²) in [6.45, 7) is 2.16. The van der Waals surface area contributed by atoms with E-state index in [0.29, 0.717) is 0 Å². The van der Waals surface area contributed by atoms with Crippen LogP contribution in [-0.4, -0.2) is 7.85 Å². The molecule has 0 saturated heterocycles. The molecule has 0 aliphatic rings. The monoisotopic (exact) mass is 274 g/mol. The van der Waals surface area contributed by atoms with Crippen LogP contribution in [0.5, 0.6) is 0 Å². The smallest absolute Gasteiger partial charge is 0.0613 e. The van der Waals surface area contributed by atoms with Gasteiger partial charge in [0.25, 0.3) is 0 Å². The first-order valence-electron chi connectivity index (χ1n) is 3.60. The Morgan fingerprint density at radius 1 is 1.36 bits per heavy atom. The molecule has 3 heteroatoms. The van der Waals surface area contributed by atoms with Crippen LogP contribution >= 0.6 is 31.9 Å². The van der Waals surface area contributed by atoms with Crippen LogP contribution in [0.25, 0.3) is 0 Å². The summed E-state index contributed by atoms with van der Waals surface area (Å²) in [4.78, 5) is 0. The van der Waals surface area contributed by atoms with Crippen molar-refractivity contribution in [3.63, 3.8) is 0 Å². The first-order chi connectivity index (χ1) is 5.16. The molecule has 0 fully saturated rings. The summed E-state index contributed by atoms with van der Waals surface area (Å²) < 4.78 is 2.40. The van der Waals surface area contributed by atoms with E-state index in [2.05, 4.69) is 58.8 Å². The third-order valence-electron chi connectivity index (χ3n) is 1.78. The number of aryl methyl sites for hydroxylation is 1. The number of rotatable bonds is 1. The minimum Gasteiger partial charge on any atom is -0.0613 e. The summed E-state index contributed by atoms with van der Waals surface area (Å²) in [7, 11) is 2.10. The molecule has 0 atom stereocenters. The molecular weight excluding hydrogens is 267 g/mol. The molecule has 0 aliphatic heterocycles. The summed E-state index contributed by atoms with van der Waals surface area (Å²) in [5.74, 6) is 0. The number of benzene rings is 1. The van der Waals surface area contributed by atoms with Crippen molar-refractivity contribution in [1.82, 2.24) is 0 Å². The second-order valence-electron chi connectivity index (χ2n) is 2.50. The molecule has 0 amide bonds. The zero-order valence-electron chi connectivity index (χ0n) is 6.62. The molecule has 0 nitrogen and oxygen atoms in total. The zero-order valence-corrected chi connectivity index (χ0v) is 9.79. The molecule has 0 radical (unpaired) electrons. The Balaban J connectivity index is 3.25. The number of halogens is 2. The maximum Gasteiger partial charge on any atom is 0.142 e. The Morgan fingerprint density at radius 3 is 2.55 bits per heavy atom. The maximum atomic E-state index is 3.56. The molecule has 11 heavy (non-hydrogen) atoms. The molecule has 0 saturated carbocycles. The van der Waals surface area contributed by atoms with Gasteiger partial charge in [-0.05, 0) is 18.1 Å². The van der Waals surface area contributed by atoms with Crippen LogP contribution in [0.1, 0.15) is 12.5 Å². The fraction of sp³-hybridized carbons (Fsp3) is 0.250. The van der Waals surface area contributed by atoms with Crippen LogP contribution in [0, 0.1) is 0 Å². The SMILES string of the molecule is Bc1c(Br)ccc(CC)c1Br. The largest absolute Gasteiger partial charge is 0.142 e. The lowest BCUT2D eigenvalue weighted by Gasteiger charge is -2.06. The first kappa shape index (κ1) is 9.33. The van der Waals surface area contributed by atoms with Gasteiger partial charge in [-0.25, -0.2) is 0 Å². The van der Waals surface area contributed by atoms with Crippen molar-refractivity contribution in [2.24, 2.45) is 0 Å². The highest BCUT2D eigenvalue weighted by molar-refractivity contribution is 9.11. The van der Waals surface area contributed by atoms with Gasteiger partial charge in [0.05, 0.1) is 0 Å². The van der Waals surface area contributed by atoms with Crippen LogP contribution in [0.15, 0.2) is 21.1 Å². The van der Waals surface area contributed by atoms with E-state index in [1.807, 2.05) is 0 Å². The van der Waals surface area contributed by atoms with E-state index in [1.54, 1.807) is 0 Å². The van der Waals surface area contributed by atoms with Gasteiger partial charge in [-0.3, -0.25) is 0 Å². The van der Waals surface area contributed by atoms with Gasteiger partial charge in [0.15, 0.2) is 0 Å². The molecule has 0 aliphatic carbocycles. The van der Waals surface area contributed by atoms with E-state index in [4.69, 9.17) is 0 Å². The van der Waals surface area contributed by atoms with Crippen molar-refractivity contribution in [2.45, 2.75) is 13.3 Å². The van der Waals surface area contributed by atoms with Gasteiger partial charge in [0.2, 0.25) is 0 Å². The van der Waals surface area contributed by atoms with Crippen molar-refractivity contribution in [3.8, 4) is 0 Å². The van der Waals surface area contributed by atoms with Gasteiger partial charge in [-0.15, -0.1) is 0 Å². The fourth-order valence-corrected chi connectivity index (χ4v) is 2.21. The number of hydrogen-bond acceptors (Lipinski definition) is 0. The highest BCUT2D eigenvalue weighted by Gasteiger charge is 2.02. The van der Waals surface area contributed by atoms with E-state index in [9.17, 15) is 0 Å². The summed E-state index contributed by atoms with van der Waals surface area (Å²) in [6.07, 6.45) is 1.08. The van der Waals surface area contributed by atoms with Crippen molar-refractivity contribution < 1.29 is 0 Å². The fourth-order valence-electron chi connectivity index (χ4n) is 0.991. The third-order valence-corrected chi connectivity index (χ3v) is 3.74. The van der Waals surface area contributed by atoms with E-state index >= 15 is 0 Å². The van der Waals surface area contributed by atoms with Gasteiger partial charge in [-0.1, -0.05) is 50.3 Å². The summed E-state index contributed by atoms with van der Waals surface area (Å²) in [5, 5.41) is 0. The highest BCUT2D eigenvalue weighted by atomic mass is 79.9. The van der Waals surface area contributed by atoms with Crippen LogP contribution in [0.4, 0.5) is 0 Å². The summed E-state index contributed by atoms with van der Waals surface area (Å²) in [6, 6.07) is 4.24. The Morgan fingerprint density at radius 2 is 2.00 bits per heavy atom. The molecule has 0 unspecified atom stereocenters. The molecule has 0 aromatic heterocycles. The average molecular weight is 276 g/mol. The van der Waals surface area contributed by atoms with Crippen LogP contribution in [-0.2, 0) is 6.42 Å². The number of hydrogen-bond donors (Lipinski definition) is 0. The topological polar surface area (TPSA) is 0 Å². The lowest BCUT2D eigenvalue weighted by Crippen LogP contribution is -2.08. The molecule has 1 aromatic rings. The molecule has 0 spiro atoms. The highest BCUT2D eigenvalue weighted by Crippen LogP contribution is 2.18. The summed E-state index contributed by atoms with van der Waals surface area (Å²) in [5.41, 5.74) is 2.65. The van der Waals surface area contributed by atoms with Crippen LogP contribution in [0.3, 0.4) is 0 Å². The predicted molar refractivity (Wildman–Crippen MR) is 59.4 cm³/mol. The maximum absolute atomic E-state index is 3.56. The van der Waals surface area contributed by atoms with Crippen LogP contribution < -0.4 is 5.46 Å². The molecule has 1 aromatic carbocycles. The van der Waals surface area contributed by atoms with Gasteiger partial charge in [0.1, 0.15) is 7.85 Å². The standard InChI is InChI=1S/C8H9BBr2/c1-2-5-3-4-6(10)7(9)8(5)11/h3-4H,2,9H2,1H3. The van der Waals surface area contributed by atoms with Crippen molar-refractivity contribution in [1.29, 1.82) is 0 Å². The van der Waals surface area contributed by atoms with Crippen molar-refractivity contribution >= 4 is 45.2 Å². The Bertz CT molecular complexity index is 271. The Kier molecular flexibility index (Phi) is 3.20. The lowest BCUT2D eigenvalue weighted by atomic mass is 9.94. The predicted octanol–water partition coefficient (Wildman–Crippen LogP) is 2.03. The zero-order chi connectivity index (χ0) is 8.43. The Hall–Kier alpha value is 0.245. The average Bonchev–Trinajstić information content (AvgIpc) is 2.01. The normalized spacial score (nSPS) is 10.1. The third kappa shape index (κ3) is 1.88. The van der Waals surface area contributed by atoms with Gasteiger partial charge in [0, 0.05) is 8.95 Å². The molecule has 0 bridgehead atoms. The van der Waals surface area contributed by atoms with E-state index in [-0.39, 0.29) is 0 Å². The van der Waals surface area contributed by atoms with Crippen molar-refractivity contribution in [2.75, 3.05) is 0 Å². The summed E-state index contributed by atoms with van der Waals surface area (Å²) >= 11 is 7.04. The molecule has 58 valence electrons. The minimum atomic E-state index is 1.08. The van der Waals surface area contributed by atoms with Gasteiger partial charge < -0.3 is 0 Å². The first-order valence-corrected chi connectivity index (χ1v) is 5.19. The second kappa shape index (κ2) is 3.77. The Labute approximate surface area is 85.0 Å². The molecule has 1 rings (SSSR count). The van der Waals surface area contributed by atoms with Gasteiger partial charge in [-0.2, -0.15) is 0 Å². The second-order valence-corrected chi connectivity index (χ2v) is 4.15. The van der Waals surface area contributed by atoms with E-state index in [1.165, 1.54) is 20.0 Å². The minimum absolute atomic E-state index is 1.08. The van der Waals surface area contributed by atoms with Crippen LogP contribution in [0.2, 0.25) is 0 Å². The van der Waals surface area contributed by atoms with E-state index < -0.39 is 0 Å². The molecule has 0 N–H and O–H groups in total. The van der Waals surface area contributed by atoms with Gasteiger partial charge >= 0.3 is 0 Å². The van der Waals surface area contributed by atoms with E-state index in [0.717, 1.165) is 6.42 Å². The molecule has 0 heterocycles.